The first-order valence-electron chi connectivity index (χ1n) is 34.2. The van der Waals surface area contributed by atoms with Gasteiger partial charge < -0.3 is 19.8 Å². The van der Waals surface area contributed by atoms with Gasteiger partial charge >= 0.3 is 7.82 Å². The van der Waals surface area contributed by atoms with Gasteiger partial charge in [-0.2, -0.15) is 0 Å². The van der Waals surface area contributed by atoms with E-state index in [1.165, 1.54) is 244 Å². The van der Waals surface area contributed by atoms with Crippen molar-refractivity contribution in [3.05, 3.63) is 60.8 Å². The minimum atomic E-state index is -4.35. The zero-order valence-corrected chi connectivity index (χ0v) is 54.0. The number of phosphoric acid groups is 1. The quantitative estimate of drug-likeness (QED) is 0.0243. The number of allylic oxidation sites excluding steroid dienone is 9. The summed E-state index contributed by atoms with van der Waals surface area (Å²) in [5.74, 6) is -0.172. The molecule has 0 spiro atoms. The Bertz CT molecular complexity index is 1470. The van der Waals surface area contributed by atoms with E-state index in [-0.39, 0.29) is 19.1 Å². The number of unbranched alkanes of at least 4 members (excludes halogenated alkanes) is 42. The second-order valence-electron chi connectivity index (χ2n) is 24.5. The van der Waals surface area contributed by atoms with Crippen LogP contribution in [0.5, 0.6) is 0 Å². The summed E-state index contributed by atoms with van der Waals surface area (Å²) >= 11 is 0. The van der Waals surface area contributed by atoms with Crippen molar-refractivity contribution in [1.29, 1.82) is 0 Å². The van der Waals surface area contributed by atoms with Gasteiger partial charge in [0, 0.05) is 6.42 Å². The van der Waals surface area contributed by atoms with Crippen LogP contribution in [0.15, 0.2) is 60.8 Å². The fourth-order valence-electron chi connectivity index (χ4n) is 10.2. The number of quaternary nitrogens is 1. The molecule has 9 heteroatoms. The molecule has 0 rings (SSSR count). The summed E-state index contributed by atoms with van der Waals surface area (Å²) < 4.78 is 23.8. The summed E-state index contributed by atoms with van der Waals surface area (Å²) in [7, 11) is 1.58. The Morgan fingerprint density at radius 1 is 0.443 bits per heavy atom. The lowest BCUT2D eigenvalue weighted by Crippen LogP contribution is -2.45. The Kier molecular flexibility index (Phi) is 59.4. The Morgan fingerprint density at radius 2 is 0.759 bits per heavy atom. The lowest BCUT2D eigenvalue weighted by Gasteiger charge is -2.25. The maximum Gasteiger partial charge on any atom is 0.472 e. The fourth-order valence-corrected chi connectivity index (χ4v) is 11.0. The summed E-state index contributed by atoms with van der Waals surface area (Å²) in [5, 5.41) is 14.0. The van der Waals surface area contributed by atoms with E-state index in [2.05, 4.69) is 67.8 Å². The van der Waals surface area contributed by atoms with Crippen molar-refractivity contribution in [2.24, 2.45) is 0 Å². The lowest BCUT2D eigenvalue weighted by molar-refractivity contribution is -0.870. The average molecular weight is 1130 g/mol. The number of aliphatic hydroxyl groups is 1. The minimum Gasteiger partial charge on any atom is -0.387 e. The molecule has 3 unspecified atom stereocenters. The minimum absolute atomic E-state index is 0.0620. The molecule has 0 radical (unpaired) electrons. The molecule has 0 saturated carbocycles. The molecule has 0 aliphatic rings. The van der Waals surface area contributed by atoms with Gasteiger partial charge in [-0.05, 0) is 57.8 Å². The molecule has 0 aliphatic heterocycles. The first kappa shape index (κ1) is 77.2. The molecule has 0 aliphatic carbocycles. The number of nitrogens with one attached hydrogen (secondary N) is 1. The van der Waals surface area contributed by atoms with E-state index in [9.17, 15) is 19.4 Å². The molecular weight excluding hydrogens is 996 g/mol. The van der Waals surface area contributed by atoms with Gasteiger partial charge in [0.05, 0.1) is 39.9 Å². The molecular formula is C70H134N2O6P+. The van der Waals surface area contributed by atoms with Crippen LogP contribution in [-0.4, -0.2) is 73.4 Å². The maximum absolute atomic E-state index is 13.0. The standard InChI is InChI=1S/C70H133N2O6P/c1-6-8-10-12-14-16-18-20-22-24-26-28-30-32-34-35-36-37-38-40-42-44-46-48-50-52-54-56-58-60-62-64-70(74)71-68(67-78-79(75,76)77-66-65-72(3,4)5)69(73)63-61-59-57-55-53-51-49-47-45-43-41-39-33-31-29-27-25-23-21-19-17-15-13-11-9-7-2/h8,10,14,16,20,22,26,28,61,63,68-69,73H,6-7,9,11-13,15,17-19,21,23-25,27,29-60,62,64-67H2,1-5H3,(H-,71,74,75,76)/p+1/b10-8-,16-14-,22-20-,28-26-,63-61+. The predicted molar refractivity (Wildman–Crippen MR) is 346 cm³/mol. The summed E-state index contributed by atoms with van der Waals surface area (Å²) in [5.41, 5.74) is 0. The van der Waals surface area contributed by atoms with Crippen LogP contribution >= 0.6 is 7.82 Å². The van der Waals surface area contributed by atoms with Crippen LogP contribution in [0.3, 0.4) is 0 Å². The molecule has 0 aromatic carbocycles. The van der Waals surface area contributed by atoms with Crippen molar-refractivity contribution in [3.63, 3.8) is 0 Å². The number of aliphatic hydroxyl groups excluding tert-OH is 1. The van der Waals surface area contributed by atoms with Crippen molar-refractivity contribution in [2.75, 3.05) is 40.9 Å². The summed E-state index contributed by atoms with van der Waals surface area (Å²) in [4.78, 5) is 23.4. The molecule has 1 amide bonds. The highest BCUT2D eigenvalue weighted by Gasteiger charge is 2.28. The van der Waals surface area contributed by atoms with E-state index in [1.807, 2.05) is 27.2 Å². The summed E-state index contributed by atoms with van der Waals surface area (Å²) in [6, 6.07) is -0.849. The van der Waals surface area contributed by atoms with Crippen LogP contribution in [0.4, 0.5) is 0 Å². The van der Waals surface area contributed by atoms with Crippen molar-refractivity contribution in [3.8, 4) is 0 Å². The molecule has 79 heavy (non-hydrogen) atoms. The van der Waals surface area contributed by atoms with Crippen molar-refractivity contribution < 1.29 is 32.9 Å². The first-order valence-corrected chi connectivity index (χ1v) is 35.7. The highest BCUT2D eigenvalue weighted by atomic mass is 31.2. The van der Waals surface area contributed by atoms with E-state index < -0.39 is 20.0 Å². The van der Waals surface area contributed by atoms with Crippen molar-refractivity contribution in [1.82, 2.24) is 5.32 Å². The second kappa shape index (κ2) is 60.8. The molecule has 3 N–H and O–H groups in total. The molecule has 464 valence electrons. The molecule has 0 aromatic heterocycles. The van der Waals surface area contributed by atoms with Gasteiger partial charge in [-0.25, -0.2) is 4.57 Å². The molecule has 0 bridgehead atoms. The number of rotatable bonds is 63. The predicted octanol–water partition coefficient (Wildman–Crippen LogP) is 21.6. The van der Waals surface area contributed by atoms with Gasteiger partial charge in [0.15, 0.2) is 0 Å². The second-order valence-corrected chi connectivity index (χ2v) is 26.0. The molecule has 0 aromatic rings. The van der Waals surface area contributed by atoms with Gasteiger partial charge in [0.1, 0.15) is 13.2 Å². The SMILES string of the molecule is CC/C=C\C/C=C\C/C=C\C/C=C\CCCCCCCCCCCCCCCCCCCCC(=O)NC(COP(=O)(O)OCC[N+](C)(C)C)C(O)/C=C/CCCCCCCCCCCCCCCCCCCCCCCCCC. The van der Waals surface area contributed by atoms with Crippen molar-refractivity contribution >= 4 is 13.7 Å². The third kappa shape index (κ3) is 63.6. The molecule has 0 fully saturated rings. The van der Waals surface area contributed by atoms with Gasteiger partial charge in [-0.15, -0.1) is 0 Å². The number of carbonyl (C=O) groups excluding carboxylic acids is 1. The number of amides is 1. The third-order valence-electron chi connectivity index (χ3n) is 15.5. The van der Waals surface area contributed by atoms with Crippen LogP contribution in [-0.2, 0) is 18.4 Å². The number of hydrogen-bond donors (Lipinski definition) is 3. The van der Waals surface area contributed by atoms with E-state index in [4.69, 9.17) is 9.05 Å². The summed E-state index contributed by atoms with van der Waals surface area (Å²) in [6.45, 7) is 4.75. The number of hydrogen-bond acceptors (Lipinski definition) is 5. The molecule has 8 nitrogen and oxygen atoms in total. The van der Waals surface area contributed by atoms with Crippen LogP contribution in [0.2, 0.25) is 0 Å². The lowest BCUT2D eigenvalue weighted by atomic mass is 10.0. The first-order chi connectivity index (χ1) is 38.5. The van der Waals surface area contributed by atoms with Gasteiger partial charge in [0.2, 0.25) is 5.91 Å². The smallest absolute Gasteiger partial charge is 0.387 e. The highest BCUT2D eigenvalue weighted by molar-refractivity contribution is 7.47. The monoisotopic (exact) mass is 1130 g/mol. The van der Waals surface area contributed by atoms with E-state index >= 15 is 0 Å². The van der Waals surface area contributed by atoms with E-state index in [0.29, 0.717) is 17.4 Å². The van der Waals surface area contributed by atoms with Gasteiger partial charge in [-0.3, -0.25) is 13.8 Å². The molecule has 0 saturated heterocycles. The number of carbonyl (C=O) groups is 1. The molecule has 3 atom stereocenters. The number of phosphoric ester groups is 1. The number of nitrogens with zero attached hydrogens (tertiary/aromatic N) is 1. The summed E-state index contributed by atoms with van der Waals surface area (Å²) in [6.07, 6.45) is 83.6. The van der Waals surface area contributed by atoms with Crippen LogP contribution in [0.25, 0.3) is 0 Å². The van der Waals surface area contributed by atoms with Crippen molar-refractivity contribution in [2.45, 2.75) is 341 Å². The average Bonchev–Trinajstić information content (AvgIpc) is 3.42. The maximum atomic E-state index is 13.0. The normalized spacial score (nSPS) is 14.1. The zero-order chi connectivity index (χ0) is 57.7. The largest absolute Gasteiger partial charge is 0.472 e. The third-order valence-corrected chi connectivity index (χ3v) is 16.5. The highest BCUT2D eigenvalue weighted by Crippen LogP contribution is 2.43. The van der Waals surface area contributed by atoms with E-state index in [0.717, 1.165) is 64.2 Å². The Balaban J connectivity index is 4.07. The van der Waals surface area contributed by atoms with Crippen LogP contribution < -0.4 is 5.32 Å². The molecule has 0 heterocycles. The Labute approximate surface area is 492 Å². The van der Waals surface area contributed by atoms with E-state index in [1.54, 1.807) is 6.08 Å². The topological polar surface area (TPSA) is 105 Å². The zero-order valence-electron chi connectivity index (χ0n) is 53.1. The van der Waals surface area contributed by atoms with Gasteiger partial charge in [-0.1, -0.05) is 325 Å². The van der Waals surface area contributed by atoms with Crippen LogP contribution in [0.1, 0.15) is 328 Å². The Morgan fingerprint density at radius 3 is 1.11 bits per heavy atom. The number of likely N-dealkylation sites (N-methyl/N-ethyl adjacent to an activating group) is 1. The Hall–Kier alpha value is -1.80. The van der Waals surface area contributed by atoms with Crippen LogP contribution in [0, 0.1) is 0 Å². The fraction of sp³-hybridized carbons (Fsp3) is 0.843. The van der Waals surface area contributed by atoms with Gasteiger partial charge in [0.25, 0.3) is 0 Å².